The van der Waals surface area contributed by atoms with E-state index in [0.29, 0.717) is 31.9 Å². The monoisotopic (exact) mass is 414 g/mol. The highest BCUT2D eigenvalue weighted by Crippen LogP contribution is 2.24. The molecule has 0 saturated carbocycles. The van der Waals surface area contributed by atoms with Crippen LogP contribution in [0.15, 0.2) is 35.3 Å². The number of benzene rings is 1. The van der Waals surface area contributed by atoms with Crippen molar-refractivity contribution >= 4 is 27.3 Å². The number of nitrogens with zero attached hydrogens (tertiary/aromatic N) is 4. The largest absolute Gasteiger partial charge is 0.366 e. The Balaban J connectivity index is 1.84. The number of rotatable bonds is 4. The van der Waals surface area contributed by atoms with Crippen molar-refractivity contribution < 1.29 is 12.8 Å². The van der Waals surface area contributed by atoms with Crippen LogP contribution in [0.3, 0.4) is 0 Å². The molecule has 7 nitrogen and oxygen atoms in total. The number of piperazine rings is 1. The van der Waals surface area contributed by atoms with Gasteiger partial charge in [-0.15, -0.1) is 0 Å². The lowest BCUT2D eigenvalue weighted by molar-refractivity contribution is 0.381. The number of hydrogen-bond donors (Lipinski definition) is 0. The Morgan fingerprint density at radius 1 is 1.19 bits per heavy atom. The first-order valence-electron chi connectivity index (χ1n) is 8.49. The summed E-state index contributed by atoms with van der Waals surface area (Å²) in [7, 11) is -3.31. The molecule has 1 saturated heterocycles. The lowest BCUT2D eigenvalue weighted by Crippen LogP contribution is -2.50. The molecule has 1 fully saturated rings. The van der Waals surface area contributed by atoms with E-state index in [-0.39, 0.29) is 10.7 Å². The van der Waals surface area contributed by atoms with Crippen molar-refractivity contribution in [1.29, 1.82) is 0 Å². The number of sulfonamides is 1. The van der Waals surface area contributed by atoms with Crippen molar-refractivity contribution in [3.05, 3.63) is 51.7 Å². The summed E-state index contributed by atoms with van der Waals surface area (Å²) in [4.78, 5) is 14.4. The molecule has 0 unspecified atom stereocenters. The van der Waals surface area contributed by atoms with Gasteiger partial charge in [-0.05, 0) is 32.0 Å². The first kappa shape index (κ1) is 19.8. The summed E-state index contributed by atoms with van der Waals surface area (Å²) in [5.74, 6) is -0.483. The maximum atomic E-state index is 13.4. The molecule has 3 rings (SSSR count). The van der Waals surface area contributed by atoms with E-state index in [1.54, 1.807) is 19.9 Å². The Labute approximate surface area is 162 Å². The second-order valence-corrected chi connectivity index (χ2v) is 9.39. The fourth-order valence-electron chi connectivity index (χ4n) is 2.92. The van der Waals surface area contributed by atoms with E-state index in [0.717, 1.165) is 4.68 Å². The second kappa shape index (κ2) is 7.57. The van der Waals surface area contributed by atoms with Crippen molar-refractivity contribution in [3.63, 3.8) is 0 Å². The SMILES string of the molecule is CC(C)S(=O)(=O)N1CCN(c2cnn(-c3cccc(F)c3)c(=O)c2Cl)CC1. The van der Waals surface area contributed by atoms with Gasteiger partial charge in [-0.25, -0.2) is 12.8 Å². The van der Waals surface area contributed by atoms with Gasteiger partial charge < -0.3 is 4.90 Å². The zero-order valence-electron chi connectivity index (χ0n) is 15.0. The molecule has 0 bridgehead atoms. The summed E-state index contributed by atoms with van der Waals surface area (Å²) in [6, 6.07) is 5.51. The zero-order valence-corrected chi connectivity index (χ0v) is 16.5. The third kappa shape index (κ3) is 3.85. The fraction of sp³-hybridized carbons (Fsp3) is 0.412. The number of hydrogen-bond acceptors (Lipinski definition) is 5. The van der Waals surface area contributed by atoms with Gasteiger partial charge in [0.15, 0.2) is 0 Å². The van der Waals surface area contributed by atoms with E-state index in [4.69, 9.17) is 11.6 Å². The molecule has 146 valence electrons. The van der Waals surface area contributed by atoms with Crippen molar-refractivity contribution in [2.45, 2.75) is 19.1 Å². The van der Waals surface area contributed by atoms with Gasteiger partial charge >= 0.3 is 0 Å². The zero-order chi connectivity index (χ0) is 19.8. The Morgan fingerprint density at radius 3 is 2.44 bits per heavy atom. The number of aromatic nitrogens is 2. The highest BCUT2D eigenvalue weighted by atomic mass is 35.5. The maximum Gasteiger partial charge on any atom is 0.292 e. The van der Waals surface area contributed by atoms with Crippen LogP contribution >= 0.6 is 11.6 Å². The molecule has 1 aliphatic rings. The van der Waals surface area contributed by atoms with Gasteiger partial charge in [0.25, 0.3) is 5.56 Å². The summed E-state index contributed by atoms with van der Waals surface area (Å²) in [6.45, 7) is 4.71. The molecule has 1 aromatic heterocycles. The summed E-state index contributed by atoms with van der Waals surface area (Å²) < 4.78 is 40.4. The predicted molar refractivity (Wildman–Crippen MR) is 103 cm³/mol. The van der Waals surface area contributed by atoms with Crippen LogP contribution in [0, 0.1) is 5.82 Å². The third-order valence-electron chi connectivity index (χ3n) is 4.49. The van der Waals surface area contributed by atoms with Gasteiger partial charge in [-0.3, -0.25) is 4.79 Å². The summed E-state index contributed by atoms with van der Waals surface area (Å²) in [6.07, 6.45) is 1.45. The minimum absolute atomic E-state index is 0.0329. The predicted octanol–water partition coefficient (Wildman–Crippen LogP) is 1.89. The molecular weight excluding hydrogens is 395 g/mol. The van der Waals surface area contributed by atoms with Gasteiger partial charge in [-0.2, -0.15) is 14.1 Å². The molecule has 0 spiro atoms. The van der Waals surface area contributed by atoms with Crippen LogP contribution in [0.5, 0.6) is 0 Å². The maximum absolute atomic E-state index is 13.4. The van der Waals surface area contributed by atoms with E-state index >= 15 is 0 Å². The van der Waals surface area contributed by atoms with Crippen LogP contribution in [-0.4, -0.2) is 53.9 Å². The molecule has 0 radical (unpaired) electrons. The first-order valence-corrected chi connectivity index (χ1v) is 10.4. The summed E-state index contributed by atoms with van der Waals surface area (Å²) >= 11 is 6.26. The Hall–Kier alpha value is -1.97. The molecule has 1 aliphatic heterocycles. The van der Waals surface area contributed by atoms with Crippen LogP contribution in [0.2, 0.25) is 5.02 Å². The van der Waals surface area contributed by atoms with E-state index in [1.165, 1.54) is 28.7 Å². The van der Waals surface area contributed by atoms with Crippen molar-refractivity contribution in [3.8, 4) is 5.69 Å². The molecule has 0 amide bonds. The lowest BCUT2D eigenvalue weighted by atomic mass is 10.3. The van der Waals surface area contributed by atoms with E-state index in [9.17, 15) is 17.6 Å². The van der Waals surface area contributed by atoms with Gasteiger partial charge in [0.2, 0.25) is 10.0 Å². The van der Waals surface area contributed by atoms with Crippen LogP contribution < -0.4 is 10.5 Å². The van der Waals surface area contributed by atoms with Gasteiger partial charge in [0.1, 0.15) is 10.8 Å². The topological polar surface area (TPSA) is 75.5 Å². The minimum atomic E-state index is -3.31. The standard InChI is InChI=1S/C17H20ClFN4O3S/c1-12(2)27(25,26)22-8-6-21(7-9-22)15-11-20-23(17(24)16(15)18)14-5-3-4-13(19)10-14/h3-5,10-12H,6-9H2,1-2H3. The summed E-state index contributed by atoms with van der Waals surface area (Å²) in [5, 5.41) is 3.59. The average Bonchev–Trinajstić information content (AvgIpc) is 2.64. The minimum Gasteiger partial charge on any atom is -0.366 e. The van der Waals surface area contributed by atoms with Crippen molar-refractivity contribution in [1.82, 2.24) is 14.1 Å². The lowest BCUT2D eigenvalue weighted by Gasteiger charge is -2.36. The molecular formula is C17H20ClFN4O3S. The number of halogens is 2. The Morgan fingerprint density at radius 2 is 1.85 bits per heavy atom. The molecule has 27 heavy (non-hydrogen) atoms. The highest BCUT2D eigenvalue weighted by molar-refractivity contribution is 7.89. The van der Waals surface area contributed by atoms with Crippen LogP contribution in [0.4, 0.5) is 10.1 Å². The number of anilines is 1. The van der Waals surface area contributed by atoms with Crippen LogP contribution in [0.1, 0.15) is 13.8 Å². The van der Waals surface area contributed by atoms with Crippen molar-refractivity contribution in [2.75, 3.05) is 31.1 Å². The second-order valence-electron chi connectivity index (χ2n) is 6.52. The van der Waals surface area contributed by atoms with E-state index in [1.807, 2.05) is 4.90 Å². The molecule has 0 N–H and O–H groups in total. The quantitative estimate of drug-likeness (QED) is 0.763. The normalized spacial score (nSPS) is 16.1. The molecule has 0 aliphatic carbocycles. The average molecular weight is 415 g/mol. The van der Waals surface area contributed by atoms with E-state index < -0.39 is 26.6 Å². The Kier molecular flexibility index (Phi) is 5.55. The molecule has 0 atom stereocenters. The van der Waals surface area contributed by atoms with Crippen molar-refractivity contribution in [2.24, 2.45) is 0 Å². The van der Waals surface area contributed by atoms with Crippen LogP contribution in [-0.2, 0) is 10.0 Å². The molecule has 2 heterocycles. The third-order valence-corrected chi connectivity index (χ3v) is 7.12. The van der Waals surface area contributed by atoms with Gasteiger partial charge in [0, 0.05) is 26.2 Å². The van der Waals surface area contributed by atoms with E-state index in [2.05, 4.69) is 5.10 Å². The Bertz CT molecular complexity index is 1000. The van der Waals surface area contributed by atoms with Crippen LogP contribution in [0.25, 0.3) is 5.69 Å². The van der Waals surface area contributed by atoms with Gasteiger partial charge in [0.05, 0.1) is 22.8 Å². The summed E-state index contributed by atoms with van der Waals surface area (Å²) in [5.41, 5.74) is 0.161. The van der Waals surface area contributed by atoms with Gasteiger partial charge in [-0.1, -0.05) is 17.7 Å². The molecule has 1 aromatic carbocycles. The molecule has 2 aromatic rings. The fourth-order valence-corrected chi connectivity index (χ4v) is 4.43. The smallest absolute Gasteiger partial charge is 0.292 e. The molecule has 10 heteroatoms. The first-order chi connectivity index (χ1) is 12.7. The highest BCUT2D eigenvalue weighted by Gasteiger charge is 2.30.